The van der Waals surface area contributed by atoms with Crippen LogP contribution in [0.3, 0.4) is 0 Å². The Balaban J connectivity index is 1.75. The number of carbonyl (C=O) groups is 2. The van der Waals surface area contributed by atoms with Crippen molar-refractivity contribution in [3.05, 3.63) is 54.1 Å². The number of sulfonamides is 1. The summed E-state index contributed by atoms with van der Waals surface area (Å²) < 4.78 is 32.0. The molecule has 1 heterocycles. The molecule has 1 saturated heterocycles. The molecule has 2 amide bonds. The fourth-order valence-corrected chi connectivity index (χ4v) is 5.08. The van der Waals surface area contributed by atoms with Crippen molar-refractivity contribution in [3.8, 4) is 18.1 Å². The van der Waals surface area contributed by atoms with Gasteiger partial charge in [-0.2, -0.15) is 4.72 Å². The largest absolute Gasteiger partial charge is 0.497 e. The van der Waals surface area contributed by atoms with E-state index in [1.54, 1.807) is 31.4 Å². The number of amides is 2. The van der Waals surface area contributed by atoms with Gasteiger partial charge in [0, 0.05) is 17.0 Å². The molecule has 0 spiro atoms. The Morgan fingerprint density at radius 1 is 1.26 bits per heavy atom. The van der Waals surface area contributed by atoms with E-state index in [4.69, 9.17) is 11.2 Å². The van der Waals surface area contributed by atoms with Crippen LogP contribution in [0.4, 0.5) is 5.69 Å². The second kappa shape index (κ2) is 9.87. The third-order valence-electron chi connectivity index (χ3n) is 4.56. The van der Waals surface area contributed by atoms with Crippen molar-refractivity contribution in [1.82, 2.24) is 9.62 Å². The zero-order chi connectivity index (χ0) is 22.4. The predicted octanol–water partition coefficient (Wildman–Crippen LogP) is 1.76. The zero-order valence-corrected chi connectivity index (χ0v) is 18.3. The minimum atomic E-state index is -3.84. The molecule has 0 aromatic heterocycles. The molecule has 2 aromatic rings. The normalized spacial score (nSPS) is 15.9. The third-order valence-corrected chi connectivity index (χ3v) is 6.97. The minimum Gasteiger partial charge on any atom is -0.497 e. The average molecular weight is 460 g/mol. The van der Waals surface area contributed by atoms with E-state index in [0.29, 0.717) is 23.1 Å². The zero-order valence-electron chi connectivity index (χ0n) is 16.7. The van der Waals surface area contributed by atoms with E-state index in [1.807, 2.05) is 0 Å². The number of anilines is 1. The summed E-state index contributed by atoms with van der Waals surface area (Å²) in [7, 11) is -2.28. The van der Waals surface area contributed by atoms with Crippen molar-refractivity contribution in [2.45, 2.75) is 10.9 Å². The van der Waals surface area contributed by atoms with Crippen LogP contribution in [0.1, 0.15) is 10.4 Å². The molecule has 162 valence electrons. The van der Waals surface area contributed by atoms with Gasteiger partial charge in [-0.3, -0.25) is 9.59 Å². The molecular weight excluding hydrogens is 438 g/mol. The molecule has 2 N–H and O–H groups in total. The first-order chi connectivity index (χ1) is 14.9. The Morgan fingerprint density at radius 3 is 2.68 bits per heavy atom. The Kier molecular flexibility index (Phi) is 7.22. The number of methoxy groups -OCH3 is 1. The van der Waals surface area contributed by atoms with Gasteiger partial charge in [-0.05, 0) is 42.5 Å². The SMILES string of the molecule is C#CCNS(=O)(=O)c1cccc(C(=O)N2CSCC2C(=O)Nc2ccc(OC)cc2)c1. The van der Waals surface area contributed by atoms with Crippen LogP contribution in [0, 0.1) is 12.3 Å². The van der Waals surface area contributed by atoms with E-state index in [2.05, 4.69) is 16.0 Å². The number of nitrogens with zero attached hydrogens (tertiary/aromatic N) is 1. The Labute approximate surface area is 185 Å². The number of terminal acetylenes is 1. The minimum absolute atomic E-state index is 0.0697. The lowest BCUT2D eigenvalue weighted by molar-refractivity contribution is -0.119. The molecule has 1 unspecified atom stereocenters. The molecule has 1 aliphatic heterocycles. The highest BCUT2D eigenvalue weighted by Crippen LogP contribution is 2.25. The van der Waals surface area contributed by atoms with Gasteiger partial charge in [0.15, 0.2) is 0 Å². The summed E-state index contributed by atoms with van der Waals surface area (Å²) in [5.41, 5.74) is 0.760. The summed E-state index contributed by atoms with van der Waals surface area (Å²) in [6.45, 7) is -0.156. The molecule has 1 aliphatic rings. The maximum Gasteiger partial charge on any atom is 0.255 e. The van der Waals surface area contributed by atoms with Gasteiger partial charge in [0.25, 0.3) is 5.91 Å². The molecule has 31 heavy (non-hydrogen) atoms. The fourth-order valence-electron chi connectivity index (χ4n) is 2.94. The van der Waals surface area contributed by atoms with Gasteiger partial charge < -0.3 is 15.0 Å². The standard InChI is InChI=1S/C21H21N3O5S2/c1-3-11-22-31(27,28)18-6-4-5-15(12-18)21(26)24-14-30-13-19(24)20(25)23-16-7-9-17(29-2)10-8-16/h1,4-10,12,19,22H,11,13-14H2,2H3,(H,23,25). The van der Waals surface area contributed by atoms with Crippen molar-refractivity contribution < 1.29 is 22.7 Å². The summed E-state index contributed by atoms with van der Waals surface area (Å²) >= 11 is 1.45. The summed E-state index contributed by atoms with van der Waals surface area (Å²) in [4.78, 5) is 27.2. The van der Waals surface area contributed by atoms with E-state index >= 15 is 0 Å². The third kappa shape index (κ3) is 5.38. The summed E-state index contributed by atoms with van der Waals surface area (Å²) in [6, 6.07) is 11.8. The first-order valence-electron chi connectivity index (χ1n) is 9.22. The summed E-state index contributed by atoms with van der Waals surface area (Å²) in [5, 5.41) is 2.80. The molecular formula is C21H21N3O5S2. The molecule has 3 rings (SSSR count). The number of benzene rings is 2. The van der Waals surface area contributed by atoms with Crippen LogP contribution < -0.4 is 14.8 Å². The highest BCUT2D eigenvalue weighted by Gasteiger charge is 2.35. The second-order valence-electron chi connectivity index (χ2n) is 6.56. The van der Waals surface area contributed by atoms with Gasteiger partial charge >= 0.3 is 0 Å². The number of hydrogen-bond donors (Lipinski definition) is 2. The lowest BCUT2D eigenvalue weighted by Crippen LogP contribution is -2.44. The monoisotopic (exact) mass is 459 g/mol. The van der Waals surface area contributed by atoms with E-state index < -0.39 is 22.0 Å². The second-order valence-corrected chi connectivity index (χ2v) is 9.33. The van der Waals surface area contributed by atoms with Gasteiger partial charge in [0.1, 0.15) is 11.8 Å². The highest BCUT2D eigenvalue weighted by molar-refractivity contribution is 7.99. The van der Waals surface area contributed by atoms with Gasteiger partial charge in [-0.1, -0.05) is 12.0 Å². The van der Waals surface area contributed by atoms with Crippen LogP contribution in [-0.4, -0.2) is 56.5 Å². The maximum absolute atomic E-state index is 13.1. The smallest absolute Gasteiger partial charge is 0.255 e. The van der Waals surface area contributed by atoms with Crippen molar-refractivity contribution in [2.24, 2.45) is 0 Å². The van der Waals surface area contributed by atoms with Crippen LogP contribution in [0.15, 0.2) is 53.4 Å². The Bertz CT molecular complexity index is 1110. The lowest BCUT2D eigenvalue weighted by atomic mass is 10.1. The van der Waals surface area contributed by atoms with E-state index in [-0.39, 0.29) is 22.9 Å². The van der Waals surface area contributed by atoms with Crippen LogP contribution in [-0.2, 0) is 14.8 Å². The van der Waals surface area contributed by atoms with Crippen molar-refractivity contribution in [3.63, 3.8) is 0 Å². The number of rotatable bonds is 7. The van der Waals surface area contributed by atoms with E-state index in [9.17, 15) is 18.0 Å². The topological polar surface area (TPSA) is 105 Å². The fraction of sp³-hybridized carbons (Fsp3) is 0.238. The molecule has 10 heteroatoms. The molecule has 0 bridgehead atoms. The van der Waals surface area contributed by atoms with Crippen molar-refractivity contribution >= 4 is 39.3 Å². The van der Waals surface area contributed by atoms with Gasteiger partial charge in [-0.15, -0.1) is 18.2 Å². The van der Waals surface area contributed by atoms with E-state index in [0.717, 1.165) is 0 Å². The van der Waals surface area contributed by atoms with Gasteiger partial charge in [0.2, 0.25) is 15.9 Å². The van der Waals surface area contributed by atoms with Crippen LogP contribution in [0.2, 0.25) is 0 Å². The number of thioether (sulfide) groups is 1. The van der Waals surface area contributed by atoms with Crippen molar-refractivity contribution in [2.75, 3.05) is 30.6 Å². The lowest BCUT2D eigenvalue weighted by Gasteiger charge is -2.23. The number of hydrogen-bond acceptors (Lipinski definition) is 6. The molecule has 2 aromatic carbocycles. The van der Waals surface area contributed by atoms with Crippen LogP contribution in [0.5, 0.6) is 5.75 Å². The van der Waals surface area contributed by atoms with Crippen molar-refractivity contribution in [1.29, 1.82) is 0 Å². The van der Waals surface area contributed by atoms with Crippen LogP contribution >= 0.6 is 11.8 Å². The van der Waals surface area contributed by atoms with Gasteiger partial charge in [0.05, 0.1) is 24.4 Å². The number of carbonyl (C=O) groups excluding carboxylic acids is 2. The van der Waals surface area contributed by atoms with Crippen LogP contribution in [0.25, 0.3) is 0 Å². The Hall–Kier alpha value is -3.00. The first kappa shape index (κ1) is 22.7. The summed E-state index contributed by atoms with van der Waals surface area (Å²) in [5.74, 6) is 2.89. The Morgan fingerprint density at radius 2 is 2.00 bits per heavy atom. The van der Waals surface area contributed by atoms with E-state index in [1.165, 1.54) is 40.9 Å². The molecule has 0 radical (unpaired) electrons. The molecule has 0 saturated carbocycles. The molecule has 1 atom stereocenters. The van der Waals surface area contributed by atoms with Gasteiger partial charge in [-0.25, -0.2) is 8.42 Å². The molecule has 8 nitrogen and oxygen atoms in total. The first-order valence-corrected chi connectivity index (χ1v) is 11.9. The number of nitrogens with one attached hydrogen (secondary N) is 2. The quantitative estimate of drug-likeness (QED) is 0.612. The maximum atomic E-state index is 13.1. The predicted molar refractivity (Wildman–Crippen MR) is 119 cm³/mol. The molecule has 1 fully saturated rings. The molecule has 0 aliphatic carbocycles. The average Bonchev–Trinajstić information content (AvgIpc) is 3.28. The summed E-state index contributed by atoms with van der Waals surface area (Å²) in [6.07, 6.45) is 5.10. The number of ether oxygens (including phenoxy) is 1. The highest BCUT2D eigenvalue weighted by atomic mass is 32.2.